The highest BCUT2D eigenvalue weighted by Crippen LogP contribution is 2.42. The monoisotopic (exact) mass is 640 g/mol. The van der Waals surface area contributed by atoms with Gasteiger partial charge in [0.15, 0.2) is 0 Å². The molecule has 230 valence electrons. The number of halogens is 2. The fourth-order valence-corrected chi connectivity index (χ4v) is 7.23. The van der Waals surface area contributed by atoms with Crippen LogP contribution in [-0.4, -0.2) is 46.7 Å². The first-order chi connectivity index (χ1) is 21.9. The van der Waals surface area contributed by atoms with Crippen molar-refractivity contribution in [3.05, 3.63) is 87.7 Å². The molecule has 0 saturated carbocycles. The molecule has 2 aromatic carbocycles. The van der Waals surface area contributed by atoms with Crippen LogP contribution < -0.4 is 20.7 Å². The van der Waals surface area contributed by atoms with E-state index in [-0.39, 0.29) is 11.9 Å². The van der Waals surface area contributed by atoms with E-state index in [2.05, 4.69) is 45.8 Å². The van der Waals surface area contributed by atoms with Crippen LogP contribution in [0.15, 0.2) is 60.8 Å². The van der Waals surface area contributed by atoms with E-state index in [1.807, 2.05) is 36.4 Å². The van der Waals surface area contributed by atoms with Crippen molar-refractivity contribution in [3.63, 3.8) is 0 Å². The minimum atomic E-state index is 0.110. The molecule has 1 saturated heterocycles. The lowest BCUT2D eigenvalue weighted by atomic mass is 9.99. The maximum Gasteiger partial charge on any atom is 0.220 e. The van der Waals surface area contributed by atoms with E-state index in [1.165, 1.54) is 22.2 Å². The number of methoxy groups -OCH3 is 1. The molecule has 0 bridgehead atoms. The number of nitrogens with one attached hydrogen (secondary N) is 3. The van der Waals surface area contributed by atoms with Crippen LogP contribution in [0.1, 0.15) is 29.7 Å². The molecule has 7 rings (SSSR count). The van der Waals surface area contributed by atoms with Gasteiger partial charge in [0.2, 0.25) is 11.8 Å². The quantitative estimate of drug-likeness (QED) is 0.184. The van der Waals surface area contributed by atoms with E-state index in [9.17, 15) is 4.79 Å². The molecule has 1 fully saturated rings. The molecule has 0 aliphatic carbocycles. The van der Waals surface area contributed by atoms with Crippen LogP contribution in [0.4, 0.5) is 0 Å². The molecule has 3 N–H and O–H groups in total. The first-order valence-corrected chi connectivity index (χ1v) is 16.0. The second-order valence-corrected chi connectivity index (χ2v) is 12.4. The summed E-state index contributed by atoms with van der Waals surface area (Å²) in [5, 5.41) is 12.2. The molecule has 2 aliphatic heterocycles. The number of aromatic nitrogens is 3. The molecule has 3 aromatic heterocycles. The predicted molar refractivity (Wildman–Crippen MR) is 180 cm³/mol. The Morgan fingerprint density at radius 3 is 2.71 bits per heavy atom. The normalized spacial score (nSPS) is 16.2. The summed E-state index contributed by atoms with van der Waals surface area (Å²) in [5.41, 5.74) is 9.59. The van der Waals surface area contributed by atoms with E-state index in [0.29, 0.717) is 46.8 Å². The molecule has 8 nitrogen and oxygen atoms in total. The number of carbonyl (C=O) groups is 1. The van der Waals surface area contributed by atoms with Crippen LogP contribution in [0.3, 0.4) is 0 Å². The molecule has 1 atom stereocenters. The third-order valence-electron chi connectivity index (χ3n) is 8.93. The van der Waals surface area contributed by atoms with Crippen molar-refractivity contribution < 1.29 is 9.53 Å². The number of pyridine rings is 2. The Bertz CT molecular complexity index is 1940. The van der Waals surface area contributed by atoms with Crippen LogP contribution >= 0.6 is 23.2 Å². The van der Waals surface area contributed by atoms with Crippen LogP contribution in [0.5, 0.6) is 5.88 Å². The summed E-state index contributed by atoms with van der Waals surface area (Å²) in [4.78, 5) is 21.0. The van der Waals surface area contributed by atoms with Crippen molar-refractivity contribution >= 4 is 40.0 Å². The molecule has 0 spiro atoms. The second kappa shape index (κ2) is 12.4. The van der Waals surface area contributed by atoms with Crippen LogP contribution in [-0.2, 0) is 31.4 Å². The Kier molecular flexibility index (Phi) is 8.23. The number of hydrogen-bond donors (Lipinski definition) is 3. The molecule has 1 unspecified atom stereocenters. The largest absolute Gasteiger partial charge is 0.481 e. The number of aryl methyl sites for hydroxylation is 1. The van der Waals surface area contributed by atoms with Gasteiger partial charge in [-0.05, 0) is 30.2 Å². The van der Waals surface area contributed by atoms with Gasteiger partial charge >= 0.3 is 0 Å². The van der Waals surface area contributed by atoms with Gasteiger partial charge in [-0.25, -0.2) is 4.98 Å². The lowest BCUT2D eigenvalue weighted by Crippen LogP contribution is -2.35. The van der Waals surface area contributed by atoms with Gasteiger partial charge in [-0.1, -0.05) is 59.6 Å². The van der Waals surface area contributed by atoms with Crippen LogP contribution in [0.25, 0.3) is 44.5 Å². The number of hydrogen-bond acceptors (Lipinski definition) is 6. The minimum Gasteiger partial charge on any atom is -0.481 e. The first kappa shape index (κ1) is 29.7. The smallest absolute Gasteiger partial charge is 0.220 e. The summed E-state index contributed by atoms with van der Waals surface area (Å²) in [6.07, 6.45) is 4.23. The summed E-state index contributed by atoms with van der Waals surface area (Å²) >= 11 is 14.2. The summed E-state index contributed by atoms with van der Waals surface area (Å²) < 4.78 is 7.95. The van der Waals surface area contributed by atoms with Gasteiger partial charge in [0.1, 0.15) is 0 Å². The molecule has 5 aromatic rings. The highest BCUT2D eigenvalue weighted by atomic mass is 35.5. The zero-order valence-electron chi connectivity index (χ0n) is 25.2. The standard InChI is InChI=1S/C35H34Cl2N6O2/c1-43-29-13-14-38-19-27(29)23-9-6-20(16-30(23)43)34-33(37)25(12-15-40-34)24-4-3-5-26(32(24)36)28-10-7-21(35(42-28)45-2)17-39-18-22-8-11-31(44)41-22/h3-7,9-10,12,15-16,22,38-39H,8,11,13-14,17-19H2,1-2H3,(H,41,44). The van der Waals surface area contributed by atoms with E-state index in [1.54, 1.807) is 13.3 Å². The number of nitrogens with zero attached hydrogens (tertiary/aromatic N) is 3. The van der Waals surface area contributed by atoms with Gasteiger partial charge in [0.25, 0.3) is 0 Å². The van der Waals surface area contributed by atoms with E-state index in [4.69, 9.17) is 37.9 Å². The van der Waals surface area contributed by atoms with Crippen molar-refractivity contribution in [2.75, 3.05) is 20.2 Å². The highest BCUT2D eigenvalue weighted by Gasteiger charge is 2.22. The zero-order chi connectivity index (χ0) is 31.1. The fraction of sp³-hybridized carbons (Fsp3) is 0.286. The lowest BCUT2D eigenvalue weighted by Gasteiger charge is -2.15. The minimum absolute atomic E-state index is 0.110. The summed E-state index contributed by atoms with van der Waals surface area (Å²) in [6.45, 7) is 3.14. The van der Waals surface area contributed by atoms with E-state index in [0.717, 1.165) is 53.7 Å². The number of fused-ring (bicyclic) bond motifs is 3. The second-order valence-electron chi connectivity index (χ2n) is 11.6. The SMILES string of the molecule is COc1nc(-c2cccc(-c3ccnc(-c4ccc5c6c(n(C)c5c4)CCNC6)c3Cl)c2Cl)ccc1CNCC1CCC(=O)N1. The number of rotatable bonds is 8. The molecular formula is C35H34Cl2N6O2. The summed E-state index contributed by atoms with van der Waals surface area (Å²) in [7, 11) is 3.75. The molecule has 10 heteroatoms. The fourth-order valence-electron chi connectivity index (χ4n) is 6.58. The first-order valence-electron chi connectivity index (χ1n) is 15.2. The molecule has 0 radical (unpaired) electrons. The Balaban J connectivity index is 1.18. The van der Waals surface area contributed by atoms with Crippen LogP contribution in [0, 0.1) is 0 Å². The Hall–Kier alpha value is -3.95. The van der Waals surface area contributed by atoms with Gasteiger partial charge < -0.3 is 25.3 Å². The topological polar surface area (TPSA) is 93.1 Å². The van der Waals surface area contributed by atoms with Crippen molar-refractivity contribution in [2.45, 2.75) is 38.4 Å². The van der Waals surface area contributed by atoms with Gasteiger partial charge in [0.05, 0.1) is 28.5 Å². The lowest BCUT2D eigenvalue weighted by molar-refractivity contribution is -0.119. The zero-order valence-corrected chi connectivity index (χ0v) is 26.7. The summed E-state index contributed by atoms with van der Waals surface area (Å²) in [6, 6.07) is 18.3. The molecule has 5 heterocycles. The third kappa shape index (κ3) is 5.57. The molecule has 45 heavy (non-hydrogen) atoms. The Morgan fingerprint density at radius 2 is 1.89 bits per heavy atom. The third-order valence-corrected chi connectivity index (χ3v) is 9.72. The van der Waals surface area contributed by atoms with Crippen molar-refractivity contribution in [1.82, 2.24) is 30.5 Å². The number of benzene rings is 2. The predicted octanol–water partition coefficient (Wildman–Crippen LogP) is 6.30. The van der Waals surface area contributed by atoms with Crippen molar-refractivity contribution in [1.29, 1.82) is 0 Å². The average Bonchev–Trinajstić information content (AvgIpc) is 3.61. The number of ether oxygens (including phenoxy) is 1. The van der Waals surface area contributed by atoms with E-state index < -0.39 is 0 Å². The Labute approximate surface area is 272 Å². The van der Waals surface area contributed by atoms with Gasteiger partial charge in [-0.2, -0.15) is 0 Å². The highest BCUT2D eigenvalue weighted by molar-refractivity contribution is 6.39. The molecule has 2 aliphatic rings. The molecular weight excluding hydrogens is 607 g/mol. The Morgan fingerprint density at radius 1 is 1.04 bits per heavy atom. The van der Waals surface area contributed by atoms with Gasteiger partial charge in [-0.15, -0.1) is 0 Å². The van der Waals surface area contributed by atoms with Crippen LogP contribution in [0.2, 0.25) is 10.0 Å². The number of amides is 1. The summed E-state index contributed by atoms with van der Waals surface area (Å²) in [5.74, 6) is 0.633. The van der Waals surface area contributed by atoms with Crippen molar-refractivity contribution in [2.24, 2.45) is 7.05 Å². The van der Waals surface area contributed by atoms with E-state index >= 15 is 0 Å². The van der Waals surface area contributed by atoms with Gasteiger partial charge in [-0.3, -0.25) is 9.78 Å². The van der Waals surface area contributed by atoms with Crippen molar-refractivity contribution in [3.8, 4) is 39.5 Å². The maximum atomic E-state index is 11.5. The maximum absolute atomic E-state index is 11.5. The average molecular weight is 642 g/mol. The molecule has 1 amide bonds. The van der Waals surface area contributed by atoms with Gasteiger partial charge in [0, 0.05) is 103 Å². The number of carbonyl (C=O) groups excluding carboxylic acids is 1.